The van der Waals surface area contributed by atoms with Crippen molar-refractivity contribution in [1.29, 1.82) is 0 Å². The fourth-order valence-electron chi connectivity index (χ4n) is 6.84. The molecule has 4 heterocycles. The number of hydrogen-bond donors (Lipinski definition) is 2. The normalized spacial score (nSPS) is 17.4. The molecule has 0 aliphatic carbocycles. The summed E-state index contributed by atoms with van der Waals surface area (Å²) in [6, 6.07) is 20.2. The van der Waals surface area contributed by atoms with Crippen molar-refractivity contribution < 1.29 is 17.5 Å². The zero-order valence-corrected chi connectivity index (χ0v) is 28.3. The Morgan fingerprint density at radius 1 is 1.02 bits per heavy atom. The Labute approximate surface area is 284 Å². The number of sulfone groups is 1. The second kappa shape index (κ2) is 13.7. The van der Waals surface area contributed by atoms with E-state index in [1.165, 1.54) is 6.07 Å². The summed E-state index contributed by atoms with van der Waals surface area (Å²) in [6.45, 7) is 7.75. The zero-order chi connectivity index (χ0) is 34.1. The van der Waals surface area contributed by atoms with Crippen LogP contribution in [0.25, 0.3) is 22.2 Å². The molecule has 3 aromatic carbocycles. The van der Waals surface area contributed by atoms with E-state index in [0.717, 1.165) is 32.5 Å². The van der Waals surface area contributed by atoms with Crippen LogP contribution in [0, 0.1) is 18.7 Å². The summed E-state index contributed by atoms with van der Waals surface area (Å²) in [6.07, 6.45) is 3.24. The van der Waals surface area contributed by atoms with Gasteiger partial charge in [-0.15, -0.1) is 0 Å². The van der Waals surface area contributed by atoms with Crippen LogP contribution >= 0.6 is 0 Å². The first-order valence-corrected chi connectivity index (χ1v) is 18.1. The lowest BCUT2D eigenvalue weighted by atomic mass is 9.98. The summed E-state index contributed by atoms with van der Waals surface area (Å²) in [4.78, 5) is 26.1. The molecule has 10 nitrogen and oxygen atoms in total. The number of aromatic nitrogens is 3. The van der Waals surface area contributed by atoms with Crippen LogP contribution in [0.3, 0.4) is 0 Å². The number of hydrogen-bond acceptors (Lipinski definition) is 9. The molecule has 0 bridgehead atoms. The topological polar surface area (TPSA) is 118 Å². The van der Waals surface area contributed by atoms with Crippen LogP contribution in [0.5, 0.6) is 0 Å². The Morgan fingerprint density at radius 2 is 1.82 bits per heavy atom. The van der Waals surface area contributed by atoms with Gasteiger partial charge in [0.15, 0.2) is 0 Å². The maximum Gasteiger partial charge on any atom is 0.260 e. The molecular weight excluding hydrogens is 644 g/mol. The fourth-order valence-corrected chi connectivity index (χ4v) is 8.38. The van der Waals surface area contributed by atoms with Gasteiger partial charge < -0.3 is 20.3 Å². The molecule has 0 spiro atoms. The molecule has 1 unspecified atom stereocenters. The van der Waals surface area contributed by atoms with E-state index in [2.05, 4.69) is 27.4 Å². The largest absolute Gasteiger partial charge is 0.381 e. The van der Waals surface area contributed by atoms with Crippen molar-refractivity contribution >= 4 is 38.2 Å². The van der Waals surface area contributed by atoms with Crippen molar-refractivity contribution in [2.24, 2.45) is 5.92 Å². The van der Waals surface area contributed by atoms with Crippen molar-refractivity contribution in [3.05, 3.63) is 101 Å². The second-order valence-corrected chi connectivity index (χ2v) is 14.7. The summed E-state index contributed by atoms with van der Waals surface area (Å²) in [5.41, 5.74) is 2.59. The van der Waals surface area contributed by atoms with Gasteiger partial charge in [0.05, 0.1) is 15.5 Å². The zero-order valence-electron chi connectivity index (χ0n) is 27.5. The van der Waals surface area contributed by atoms with Crippen LogP contribution < -0.4 is 21.1 Å². The molecule has 2 N–H and O–H groups in total. The van der Waals surface area contributed by atoms with Gasteiger partial charge in [0.25, 0.3) is 5.56 Å². The number of nitrogens with zero attached hydrogens (tertiary/aromatic N) is 4. The van der Waals surface area contributed by atoms with E-state index in [4.69, 9.17) is 9.72 Å². The molecule has 2 fully saturated rings. The molecular formula is C37H39FN6O4S. The van der Waals surface area contributed by atoms with Gasteiger partial charge in [-0.2, -0.15) is 4.98 Å². The molecule has 12 heteroatoms. The van der Waals surface area contributed by atoms with Gasteiger partial charge in [-0.05, 0) is 86.2 Å². The molecule has 0 amide bonds. The first-order chi connectivity index (χ1) is 23.7. The maximum absolute atomic E-state index is 15.3. The van der Waals surface area contributed by atoms with Crippen LogP contribution in [0.2, 0.25) is 0 Å². The highest BCUT2D eigenvalue weighted by molar-refractivity contribution is 7.91. The Kier molecular flexibility index (Phi) is 9.19. The van der Waals surface area contributed by atoms with Crippen molar-refractivity contribution in [3.8, 4) is 11.1 Å². The van der Waals surface area contributed by atoms with Gasteiger partial charge in [-0.3, -0.25) is 9.36 Å². The lowest BCUT2D eigenvalue weighted by Gasteiger charge is -2.36. The second-order valence-electron chi connectivity index (χ2n) is 12.8. The van der Waals surface area contributed by atoms with E-state index in [9.17, 15) is 13.2 Å². The molecule has 2 saturated heterocycles. The number of pyridine rings is 1. The monoisotopic (exact) mass is 682 g/mol. The number of anilines is 3. The van der Waals surface area contributed by atoms with Gasteiger partial charge in [0.2, 0.25) is 15.8 Å². The molecule has 0 saturated carbocycles. The molecule has 2 aromatic heterocycles. The van der Waals surface area contributed by atoms with Gasteiger partial charge >= 0.3 is 0 Å². The van der Waals surface area contributed by atoms with Crippen molar-refractivity contribution in [2.75, 3.05) is 43.1 Å². The Morgan fingerprint density at radius 3 is 2.57 bits per heavy atom. The molecule has 254 valence electrons. The van der Waals surface area contributed by atoms with Crippen LogP contribution in [0.4, 0.5) is 21.7 Å². The number of benzene rings is 3. The van der Waals surface area contributed by atoms with E-state index in [-0.39, 0.29) is 39.1 Å². The summed E-state index contributed by atoms with van der Waals surface area (Å²) in [5.74, 6) is 0.0823. The average Bonchev–Trinajstić information content (AvgIpc) is 3.11. The summed E-state index contributed by atoms with van der Waals surface area (Å²) >= 11 is 0. The standard InChI is InChI=1S/C37H39FN6O4S/c1-24-21-39-15-16-43(24)33-12-11-28(20-32(33)38)41-37-40-22-27-19-31(36(45)44(35(27)42-37)23-26-13-17-48-18-14-26)30-9-6-10-34(25(30)2)49(46,47)29-7-4-3-5-8-29/h3-12,19-20,22,24,26,39H,13-18,21,23H2,1-2H3,(H,40,41,42). The van der Waals surface area contributed by atoms with E-state index in [0.29, 0.717) is 58.9 Å². The number of nitrogens with one attached hydrogen (secondary N) is 2. The molecule has 0 radical (unpaired) electrons. The maximum atomic E-state index is 15.3. The third-order valence-corrected chi connectivity index (χ3v) is 11.5. The van der Waals surface area contributed by atoms with Crippen molar-refractivity contribution in [3.63, 3.8) is 0 Å². The number of rotatable bonds is 8. The smallest absolute Gasteiger partial charge is 0.260 e. The number of fused-ring (bicyclic) bond motifs is 1. The Bertz CT molecular complexity index is 2170. The molecule has 1 atom stereocenters. The van der Waals surface area contributed by atoms with E-state index in [1.54, 1.807) is 84.4 Å². The highest BCUT2D eigenvalue weighted by Gasteiger charge is 2.25. The molecule has 5 aromatic rings. The minimum atomic E-state index is -3.83. The lowest BCUT2D eigenvalue weighted by molar-refractivity contribution is 0.0613. The number of piperazine rings is 1. The van der Waals surface area contributed by atoms with E-state index >= 15 is 4.39 Å². The SMILES string of the molecule is Cc1c(-c2cc3cnc(Nc4ccc(N5CCNCC5C)c(F)c4)nc3n(CC3CCOCC3)c2=O)cccc1S(=O)(=O)c1ccccc1. The van der Waals surface area contributed by atoms with Gasteiger partial charge in [-0.25, -0.2) is 17.8 Å². The minimum Gasteiger partial charge on any atom is -0.381 e. The van der Waals surface area contributed by atoms with Crippen molar-refractivity contribution in [1.82, 2.24) is 19.9 Å². The fraction of sp³-hybridized carbons (Fsp3) is 0.324. The minimum absolute atomic E-state index is 0.145. The first kappa shape index (κ1) is 32.9. The van der Waals surface area contributed by atoms with Gasteiger partial charge in [-0.1, -0.05) is 30.3 Å². The van der Waals surface area contributed by atoms with Crippen LogP contribution in [0.15, 0.2) is 93.6 Å². The number of ether oxygens (including phenoxy) is 1. The Balaban J connectivity index is 1.28. The molecule has 2 aliphatic heterocycles. The molecule has 2 aliphatic rings. The van der Waals surface area contributed by atoms with Crippen LogP contribution in [-0.2, 0) is 21.1 Å². The van der Waals surface area contributed by atoms with E-state index in [1.807, 2.05) is 0 Å². The predicted molar refractivity (Wildman–Crippen MR) is 189 cm³/mol. The highest BCUT2D eigenvalue weighted by Crippen LogP contribution is 2.32. The first-order valence-electron chi connectivity index (χ1n) is 16.6. The van der Waals surface area contributed by atoms with Crippen LogP contribution in [0.1, 0.15) is 25.3 Å². The average molecular weight is 683 g/mol. The molecule has 49 heavy (non-hydrogen) atoms. The van der Waals surface area contributed by atoms with Gasteiger partial charge in [0, 0.05) is 68.3 Å². The third-order valence-electron chi connectivity index (χ3n) is 9.54. The third kappa shape index (κ3) is 6.55. The quantitative estimate of drug-likeness (QED) is 0.212. The summed E-state index contributed by atoms with van der Waals surface area (Å²) in [7, 11) is -3.83. The highest BCUT2D eigenvalue weighted by atomic mass is 32.2. The summed E-state index contributed by atoms with van der Waals surface area (Å²) < 4.78 is 49.9. The van der Waals surface area contributed by atoms with E-state index < -0.39 is 9.84 Å². The van der Waals surface area contributed by atoms with Crippen LogP contribution in [-0.4, -0.2) is 61.8 Å². The lowest BCUT2D eigenvalue weighted by Crippen LogP contribution is -2.50. The number of halogens is 1. The summed E-state index contributed by atoms with van der Waals surface area (Å²) in [5, 5.41) is 7.08. The Hall–Kier alpha value is -4.65. The van der Waals surface area contributed by atoms with Crippen molar-refractivity contribution in [2.45, 2.75) is 49.1 Å². The molecule has 7 rings (SSSR count). The predicted octanol–water partition coefficient (Wildman–Crippen LogP) is 5.71. The van der Waals surface area contributed by atoms with Gasteiger partial charge in [0.1, 0.15) is 11.5 Å².